The zero-order valence-electron chi connectivity index (χ0n) is 18.5. The Morgan fingerprint density at radius 3 is 2.35 bits per heavy atom. The second-order valence-corrected chi connectivity index (χ2v) is 8.94. The van der Waals surface area contributed by atoms with Crippen LogP contribution in [0.4, 0.5) is 0 Å². The fourth-order valence-electron chi connectivity index (χ4n) is 6.06. The number of pyridine rings is 2. The van der Waals surface area contributed by atoms with Crippen molar-refractivity contribution in [3.63, 3.8) is 0 Å². The highest BCUT2D eigenvalue weighted by molar-refractivity contribution is 5.87. The fraction of sp³-hybridized carbons (Fsp3) is 0.100. The summed E-state index contributed by atoms with van der Waals surface area (Å²) in [5.41, 5.74) is 6.57. The van der Waals surface area contributed by atoms with Gasteiger partial charge in [0.1, 0.15) is 17.1 Å². The van der Waals surface area contributed by atoms with Gasteiger partial charge in [0.15, 0.2) is 24.5 Å². The Kier molecular flexibility index (Phi) is 4.00. The van der Waals surface area contributed by atoms with Gasteiger partial charge in [-0.05, 0) is 35.9 Å². The molecular formula is C30H22N2O2+2. The second-order valence-electron chi connectivity index (χ2n) is 8.94. The van der Waals surface area contributed by atoms with Crippen LogP contribution in [0.2, 0.25) is 0 Å². The molecule has 0 N–H and O–H groups in total. The van der Waals surface area contributed by atoms with Crippen molar-refractivity contribution in [2.75, 3.05) is 0 Å². The molecule has 0 saturated carbocycles. The molecule has 0 amide bonds. The molecule has 0 bridgehead atoms. The van der Waals surface area contributed by atoms with Gasteiger partial charge in [-0.25, -0.2) is 4.79 Å². The molecule has 3 aromatic heterocycles. The quantitative estimate of drug-likeness (QED) is 0.216. The van der Waals surface area contributed by atoms with E-state index in [9.17, 15) is 4.79 Å². The maximum absolute atomic E-state index is 13.3. The molecule has 34 heavy (non-hydrogen) atoms. The summed E-state index contributed by atoms with van der Waals surface area (Å²) in [4.78, 5) is 13.3. The van der Waals surface area contributed by atoms with Crippen LogP contribution in [0.1, 0.15) is 29.1 Å². The number of allylic oxidation sites excluding steroid dienone is 1. The molecule has 2 aliphatic heterocycles. The van der Waals surface area contributed by atoms with Crippen LogP contribution in [0, 0.1) is 0 Å². The fourth-order valence-corrected chi connectivity index (χ4v) is 6.06. The van der Waals surface area contributed by atoms with E-state index in [1.807, 2.05) is 42.5 Å². The van der Waals surface area contributed by atoms with E-state index in [1.165, 1.54) is 16.8 Å². The van der Waals surface area contributed by atoms with E-state index < -0.39 is 0 Å². The molecule has 0 aliphatic carbocycles. The largest absolute Gasteiger partial charge is 0.422 e. The molecule has 3 atom stereocenters. The Labute approximate surface area is 196 Å². The van der Waals surface area contributed by atoms with Crippen LogP contribution in [0.15, 0.2) is 119 Å². The Morgan fingerprint density at radius 1 is 0.794 bits per heavy atom. The summed E-state index contributed by atoms with van der Waals surface area (Å²) in [5.74, 6) is 0.0335. The minimum atomic E-state index is -0.288. The van der Waals surface area contributed by atoms with E-state index in [0.29, 0.717) is 11.1 Å². The molecular weight excluding hydrogens is 420 g/mol. The third-order valence-electron chi connectivity index (χ3n) is 7.35. The first-order valence-corrected chi connectivity index (χ1v) is 11.6. The minimum absolute atomic E-state index is 0.00798. The highest BCUT2D eigenvalue weighted by Gasteiger charge is 2.53. The van der Waals surface area contributed by atoms with E-state index in [0.717, 1.165) is 16.6 Å². The lowest BCUT2D eigenvalue weighted by atomic mass is 9.76. The van der Waals surface area contributed by atoms with E-state index in [4.69, 9.17) is 4.42 Å². The molecule has 2 aromatic carbocycles. The van der Waals surface area contributed by atoms with Gasteiger partial charge < -0.3 is 4.42 Å². The Balaban J connectivity index is 1.61. The topological polar surface area (TPSA) is 38.0 Å². The first-order valence-electron chi connectivity index (χ1n) is 11.6. The first-order chi connectivity index (χ1) is 16.8. The third kappa shape index (κ3) is 2.45. The van der Waals surface area contributed by atoms with Gasteiger partial charge in [-0.3, -0.25) is 0 Å². The number of fused-ring (bicyclic) bond motifs is 8. The van der Waals surface area contributed by atoms with Gasteiger partial charge in [-0.15, -0.1) is 0 Å². The van der Waals surface area contributed by atoms with Crippen LogP contribution >= 0.6 is 0 Å². The zero-order chi connectivity index (χ0) is 22.8. The Morgan fingerprint density at radius 2 is 1.50 bits per heavy atom. The summed E-state index contributed by atoms with van der Waals surface area (Å²) in [6.07, 6.45) is 6.26. The number of rotatable bonds is 2. The van der Waals surface area contributed by atoms with Crippen LogP contribution in [-0.4, -0.2) is 0 Å². The average molecular weight is 443 g/mol. The van der Waals surface area contributed by atoms with E-state index >= 15 is 0 Å². The third-order valence-corrected chi connectivity index (χ3v) is 7.35. The van der Waals surface area contributed by atoms with Gasteiger partial charge in [0.25, 0.3) is 0 Å². The average Bonchev–Trinajstić information content (AvgIpc) is 3.24. The smallest absolute Gasteiger partial charge is 0.350 e. The Hall–Kier alpha value is -4.31. The second kappa shape index (κ2) is 7.09. The number of nitrogens with zero attached hydrogens (tertiary/aromatic N) is 2. The standard InChI is InChI=1S/C30H22N2O2/c1-2-22-26(20-12-4-3-11-19(20)23-14-7-9-17-31(22)23)29-27-21-13-5-6-16-25(21)34-30(33)28(27)24-15-8-10-18-32(24)29/h2-18,22,26,29H,1H2/q+2. The van der Waals surface area contributed by atoms with Crippen molar-refractivity contribution >= 4 is 11.0 Å². The molecule has 0 fully saturated rings. The molecule has 5 aromatic rings. The van der Waals surface area contributed by atoms with Crippen LogP contribution < -0.4 is 14.8 Å². The zero-order valence-corrected chi connectivity index (χ0v) is 18.5. The molecule has 7 rings (SSSR count). The van der Waals surface area contributed by atoms with E-state index in [2.05, 4.69) is 76.6 Å². The van der Waals surface area contributed by atoms with Crippen molar-refractivity contribution < 1.29 is 13.6 Å². The van der Waals surface area contributed by atoms with Gasteiger partial charge >= 0.3 is 5.63 Å². The molecule has 4 heteroatoms. The molecule has 4 nitrogen and oxygen atoms in total. The number of hydrogen-bond acceptors (Lipinski definition) is 2. The normalized spacial score (nSPS) is 19.7. The lowest BCUT2D eigenvalue weighted by molar-refractivity contribution is -0.739. The number of hydrogen-bond donors (Lipinski definition) is 0. The molecule has 0 saturated heterocycles. The van der Waals surface area contributed by atoms with Gasteiger partial charge in [0.2, 0.25) is 11.4 Å². The summed E-state index contributed by atoms with van der Waals surface area (Å²) in [6, 6.07) is 28.7. The van der Waals surface area contributed by atoms with E-state index in [1.54, 1.807) is 0 Å². The highest BCUT2D eigenvalue weighted by Crippen LogP contribution is 2.50. The van der Waals surface area contributed by atoms with Gasteiger partial charge in [-0.2, -0.15) is 9.13 Å². The summed E-state index contributed by atoms with van der Waals surface area (Å²) < 4.78 is 10.3. The predicted octanol–water partition coefficient (Wildman–Crippen LogP) is 5.13. The minimum Gasteiger partial charge on any atom is -0.422 e. The van der Waals surface area contributed by atoms with Crippen molar-refractivity contribution in [1.82, 2.24) is 0 Å². The molecule has 162 valence electrons. The Bertz CT molecular complexity index is 1680. The van der Waals surface area contributed by atoms with Gasteiger partial charge in [-0.1, -0.05) is 43.0 Å². The lowest BCUT2D eigenvalue weighted by Gasteiger charge is -2.30. The lowest BCUT2D eigenvalue weighted by Crippen LogP contribution is -2.52. The molecule has 2 aliphatic rings. The van der Waals surface area contributed by atoms with Crippen LogP contribution in [0.3, 0.4) is 0 Å². The number of para-hydroxylation sites is 1. The van der Waals surface area contributed by atoms with Crippen molar-refractivity contribution in [2.45, 2.75) is 18.0 Å². The van der Waals surface area contributed by atoms with Gasteiger partial charge in [0, 0.05) is 29.7 Å². The van der Waals surface area contributed by atoms with Crippen molar-refractivity contribution in [2.24, 2.45) is 0 Å². The van der Waals surface area contributed by atoms with Crippen molar-refractivity contribution in [3.05, 3.63) is 132 Å². The predicted molar refractivity (Wildman–Crippen MR) is 130 cm³/mol. The summed E-state index contributed by atoms with van der Waals surface area (Å²) in [7, 11) is 0. The molecule has 0 spiro atoms. The van der Waals surface area contributed by atoms with Crippen LogP contribution in [0.5, 0.6) is 0 Å². The first kappa shape index (κ1) is 19.2. The van der Waals surface area contributed by atoms with Crippen LogP contribution in [-0.2, 0) is 0 Å². The summed E-state index contributed by atoms with van der Waals surface area (Å²) in [6.45, 7) is 4.26. The maximum Gasteiger partial charge on any atom is 0.350 e. The molecule has 0 radical (unpaired) electrons. The molecule has 5 heterocycles. The number of benzene rings is 2. The maximum atomic E-state index is 13.3. The van der Waals surface area contributed by atoms with Gasteiger partial charge in [0.05, 0.1) is 11.1 Å². The highest BCUT2D eigenvalue weighted by atomic mass is 16.4. The van der Waals surface area contributed by atoms with Crippen molar-refractivity contribution in [3.8, 4) is 22.5 Å². The van der Waals surface area contributed by atoms with Crippen molar-refractivity contribution in [1.29, 1.82) is 0 Å². The van der Waals surface area contributed by atoms with Crippen LogP contribution in [0.25, 0.3) is 33.5 Å². The summed E-state index contributed by atoms with van der Waals surface area (Å²) >= 11 is 0. The molecule has 3 unspecified atom stereocenters. The summed E-state index contributed by atoms with van der Waals surface area (Å²) in [5, 5.41) is 0.981. The SMILES string of the molecule is C=CC1C(C2c3c(c(=O)oc4ccccc34)-c3cccc[n+]32)c2ccccc2-c2cccc[n+]21. The monoisotopic (exact) mass is 442 g/mol. The van der Waals surface area contributed by atoms with E-state index in [-0.39, 0.29) is 23.6 Å². The number of aromatic nitrogens is 2.